The molecule has 0 aliphatic carbocycles. The van der Waals surface area contributed by atoms with E-state index in [1.165, 1.54) is 0 Å². The van der Waals surface area contributed by atoms with Gasteiger partial charge in [-0.25, -0.2) is 9.59 Å². The highest BCUT2D eigenvalue weighted by molar-refractivity contribution is 5.81. The van der Waals surface area contributed by atoms with Crippen LogP contribution in [0.5, 0.6) is 0 Å². The topological polar surface area (TPSA) is 34.1 Å². The van der Waals surface area contributed by atoms with Gasteiger partial charge in [0, 0.05) is 18.8 Å². The summed E-state index contributed by atoms with van der Waals surface area (Å²) < 4.78 is 0. The first-order chi connectivity index (χ1) is 1.91. The molecule has 3 heteroatoms. The summed E-state index contributed by atoms with van der Waals surface area (Å²) in [6.07, 6.45) is 0. The minimum absolute atomic E-state index is 0. The lowest BCUT2D eigenvalue weighted by atomic mass is 11.2. The highest BCUT2D eigenvalue weighted by atomic mass is 27.0. The molecule has 0 aromatic carbocycles. The molecule has 0 amide bonds. The molecule has 0 N–H and O–H groups in total. The van der Waals surface area contributed by atoms with Crippen LogP contribution in [0.25, 0.3) is 0 Å². The lowest BCUT2D eigenvalue weighted by Gasteiger charge is -1.07. The predicted molar refractivity (Wildman–Crippen MR) is 19.3 cm³/mol. The molecule has 0 fully saturated rings. The zero-order valence-corrected chi connectivity index (χ0v) is 3.55. The van der Waals surface area contributed by atoms with E-state index in [-0.39, 0.29) is 18.8 Å². The van der Waals surface area contributed by atoms with E-state index in [4.69, 9.17) is 9.59 Å². The highest BCUT2D eigenvalue weighted by Crippen LogP contribution is 0.915. The lowest BCUT2D eigenvalue weighted by molar-refractivity contribution is 0.552. The molecule has 0 heterocycles. The summed E-state index contributed by atoms with van der Waals surface area (Å²) in [4.78, 5) is 17.2. The number of hydrogen-bond donors (Lipinski definition) is 0. The monoisotopic (exact) mass is 85.0 g/mol. The van der Waals surface area contributed by atoms with E-state index in [1.54, 1.807) is 0 Å². The second-order valence-corrected chi connectivity index (χ2v) is 0.204. The van der Waals surface area contributed by atoms with E-state index in [0.717, 1.165) is 11.9 Å². The second kappa shape index (κ2) is 9.34. The lowest BCUT2D eigenvalue weighted by Crippen LogP contribution is -1.38. The van der Waals surface area contributed by atoms with Crippen molar-refractivity contribution < 1.29 is 11.0 Å². The first kappa shape index (κ1) is 8.83. The van der Waals surface area contributed by atoms with Crippen LogP contribution in [0.2, 0.25) is 0 Å². The highest BCUT2D eigenvalue weighted by Gasteiger charge is 1.27. The maximum Gasteiger partial charge on any atom is 0.221 e. The Balaban J connectivity index is -0.0000000450. The Morgan fingerprint density at radius 1 is 1.20 bits per heavy atom. The Hall–Kier alpha value is -0.308. The molecule has 0 aliphatic heterocycles. The minimum atomic E-state index is 0. The Labute approximate surface area is 41.1 Å². The summed E-state index contributed by atoms with van der Waals surface area (Å²) >= 11 is 0. The van der Waals surface area contributed by atoms with Crippen molar-refractivity contribution in [1.29, 1.82) is 0 Å². The van der Waals surface area contributed by atoms with Gasteiger partial charge in [0.2, 0.25) is 11.9 Å². The molecule has 2 nitrogen and oxygen atoms in total. The summed E-state index contributed by atoms with van der Waals surface area (Å²) in [6, 6.07) is 0. The third-order valence-electron chi connectivity index (χ3n) is 0.0417. The average Bonchev–Trinajstić information content (AvgIpc) is 1.37. The van der Waals surface area contributed by atoms with Gasteiger partial charge in [-0.05, 0) is 0 Å². The zero-order valence-electron chi connectivity index (χ0n) is 2.39. The molecular weight excluding hydrogens is 83.0 g/mol. The van der Waals surface area contributed by atoms with Gasteiger partial charge in [-0.1, -0.05) is 0 Å². The molecule has 0 aliphatic rings. The molecule has 0 rings (SSSR count). The van der Waals surface area contributed by atoms with Gasteiger partial charge in [0.1, 0.15) is 0 Å². The molecule has 3 radical (unpaired) electrons. The van der Waals surface area contributed by atoms with E-state index < -0.39 is 0 Å². The van der Waals surface area contributed by atoms with Gasteiger partial charge in [0.05, 0.1) is 0 Å². The van der Waals surface area contributed by atoms with Crippen molar-refractivity contribution in [3.8, 4) is 0 Å². The van der Waals surface area contributed by atoms with Crippen LogP contribution < -0.4 is 0 Å². The van der Waals surface area contributed by atoms with Crippen LogP contribution >= 0.6 is 0 Å². The molecule has 0 saturated heterocycles. The number of carbonyl (C=O) groups excluding carboxylic acids is 2. The van der Waals surface area contributed by atoms with Crippen molar-refractivity contribution in [2.24, 2.45) is 0 Å². The molecule has 25 valence electrons. The van der Waals surface area contributed by atoms with Crippen LogP contribution in [0.15, 0.2) is 0 Å². The van der Waals surface area contributed by atoms with E-state index in [2.05, 4.69) is 0 Å². The van der Waals surface area contributed by atoms with Crippen molar-refractivity contribution >= 4 is 29.2 Å². The fourth-order valence-electron chi connectivity index (χ4n) is 0. The van der Waals surface area contributed by atoms with E-state index in [1.807, 2.05) is 0 Å². The third kappa shape index (κ3) is 22.1. The maximum absolute atomic E-state index is 8.62. The normalized spacial score (nSPS) is 2.40. The molecule has 0 aromatic heterocycles. The first-order valence-electron chi connectivity index (χ1n) is 0.658. The van der Waals surface area contributed by atoms with Crippen molar-refractivity contribution in [2.45, 2.75) is 0 Å². The number of rotatable bonds is 0. The Morgan fingerprint density at radius 2 is 1.40 bits per heavy atom. The van der Waals surface area contributed by atoms with Crippen molar-refractivity contribution in [3.05, 3.63) is 0 Å². The summed E-state index contributed by atoms with van der Waals surface area (Å²) in [5, 5.41) is 0. The maximum atomic E-state index is 8.62. The molecule has 0 saturated carbocycles. The van der Waals surface area contributed by atoms with Gasteiger partial charge in [0.15, 0.2) is 0 Å². The van der Waals surface area contributed by atoms with E-state index in [9.17, 15) is 0 Å². The Kier molecular flexibility index (Phi) is 16.5. The average molecular weight is 85.0 g/mol. The van der Waals surface area contributed by atoms with Gasteiger partial charge in [-0.15, -0.1) is 0 Å². The molecule has 0 bridgehead atoms. The van der Waals surface area contributed by atoms with E-state index in [0.29, 0.717) is 0 Å². The summed E-state index contributed by atoms with van der Waals surface area (Å²) in [5.74, 6) is 1.75. The SMILES string of the molecule is O=C=C=O.[Al].[HH]. The van der Waals surface area contributed by atoms with Gasteiger partial charge in [-0.2, -0.15) is 0 Å². The molecular formula is C2H2AlO2. The van der Waals surface area contributed by atoms with Gasteiger partial charge >= 0.3 is 0 Å². The fourth-order valence-corrected chi connectivity index (χ4v) is 0. The minimum Gasteiger partial charge on any atom is -0.221 e. The Morgan fingerprint density at radius 3 is 1.40 bits per heavy atom. The van der Waals surface area contributed by atoms with Gasteiger partial charge in [-0.3, -0.25) is 0 Å². The van der Waals surface area contributed by atoms with E-state index >= 15 is 0 Å². The van der Waals surface area contributed by atoms with Crippen molar-refractivity contribution in [1.82, 2.24) is 0 Å². The quantitative estimate of drug-likeness (QED) is 0.281. The van der Waals surface area contributed by atoms with Crippen LogP contribution in [0.4, 0.5) is 0 Å². The third-order valence-corrected chi connectivity index (χ3v) is 0.0417. The smallest absolute Gasteiger partial charge is 0.221 e. The standard InChI is InChI=1S/C2O2.Al.H2/c3-1-2-4;;/h;;1H. The molecule has 0 spiro atoms. The summed E-state index contributed by atoms with van der Waals surface area (Å²) in [7, 11) is 0. The Bertz CT molecular complexity index is 61.6. The van der Waals surface area contributed by atoms with Crippen LogP contribution in [0.3, 0.4) is 0 Å². The predicted octanol–water partition coefficient (Wildman–Crippen LogP) is -0.929. The van der Waals surface area contributed by atoms with Gasteiger partial charge in [0.25, 0.3) is 0 Å². The summed E-state index contributed by atoms with van der Waals surface area (Å²) in [5.41, 5.74) is 0. The largest absolute Gasteiger partial charge is 0.221 e. The van der Waals surface area contributed by atoms with Gasteiger partial charge < -0.3 is 0 Å². The van der Waals surface area contributed by atoms with Crippen LogP contribution in [-0.2, 0) is 9.59 Å². The zero-order chi connectivity index (χ0) is 3.41. The molecule has 0 unspecified atom stereocenters. The van der Waals surface area contributed by atoms with Crippen LogP contribution in [0.1, 0.15) is 1.43 Å². The first-order valence-corrected chi connectivity index (χ1v) is 0.658. The molecule has 0 aromatic rings. The van der Waals surface area contributed by atoms with Crippen LogP contribution in [0, 0.1) is 0 Å². The fraction of sp³-hybridized carbons (Fsp3) is 0. The number of hydrogen-bond acceptors (Lipinski definition) is 2. The summed E-state index contributed by atoms with van der Waals surface area (Å²) in [6.45, 7) is 0. The second-order valence-electron chi connectivity index (χ2n) is 0.204. The van der Waals surface area contributed by atoms with Crippen molar-refractivity contribution in [3.63, 3.8) is 0 Å². The molecule has 5 heavy (non-hydrogen) atoms. The van der Waals surface area contributed by atoms with Crippen molar-refractivity contribution in [2.75, 3.05) is 0 Å². The van der Waals surface area contributed by atoms with Crippen LogP contribution in [-0.4, -0.2) is 29.2 Å². The molecule has 0 atom stereocenters.